The summed E-state index contributed by atoms with van der Waals surface area (Å²) in [4.78, 5) is 4.34. The number of para-hydroxylation sites is 1. The van der Waals surface area contributed by atoms with Crippen molar-refractivity contribution in [2.75, 3.05) is 17.6 Å². The largest absolute Gasteiger partial charge is 0.396 e. The summed E-state index contributed by atoms with van der Waals surface area (Å²) in [5.74, 6) is 0.821. The first kappa shape index (κ1) is 10.4. The first-order valence-corrected chi connectivity index (χ1v) is 6.21. The number of nitrogens with zero attached hydrogens (tertiary/aromatic N) is 1. The Labute approximate surface area is 101 Å². The molecule has 1 aromatic carbocycles. The predicted octanol–water partition coefficient (Wildman–Crippen LogP) is 3.03. The molecule has 0 aliphatic heterocycles. The molecule has 1 aliphatic rings. The number of anilines is 2. The number of hydrogen-bond donors (Lipinski definition) is 2. The lowest BCUT2D eigenvalue weighted by Gasteiger charge is -2.26. The molecule has 1 aliphatic carbocycles. The van der Waals surface area contributed by atoms with Crippen LogP contribution in [0.3, 0.4) is 0 Å². The van der Waals surface area contributed by atoms with E-state index in [-0.39, 0.29) is 0 Å². The van der Waals surface area contributed by atoms with Crippen LogP contribution in [0.5, 0.6) is 0 Å². The van der Waals surface area contributed by atoms with Gasteiger partial charge in [0.1, 0.15) is 0 Å². The van der Waals surface area contributed by atoms with Gasteiger partial charge in [-0.3, -0.25) is 4.98 Å². The molecular formula is C14H17N3. The van der Waals surface area contributed by atoms with Gasteiger partial charge in [0.15, 0.2) is 0 Å². The Morgan fingerprint density at radius 2 is 2.12 bits per heavy atom. The van der Waals surface area contributed by atoms with Gasteiger partial charge in [0.2, 0.25) is 0 Å². The normalized spacial score (nSPS) is 15.8. The summed E-state index contributed by atoms with van der Waals surface area (Å²) in [5, 5.41) is 4.61. The van der Waals surface area contributed by atoms with Crippen LogP contribution in [0.4, 0.5) is 11.4 Å². The smallest absolute Gasteiger partial charge is 0.0743 e. The molecule has 0 atom stereocenters. The highest BCUT2D eigenvalue weighted by atomic mass is 14.9. The van der Waals surface area contributed by atoms with Gasteiger partial charge in [-0.05, 0) is 24.8 Å². The van der Waals surface area contributed by atoms with Crippen molar-refractivity contribution < 1.29 is 0 Å². The summed E-state index contributed by atoms with van der Waals surface area (Å²) in [6.45, 7) is 1.03. The molecule has 1 fully saturated rings. The molecular weight excluding hydrogens is 210 g/mol. The van der Waals surface area contributed by atoms with Gasteiger partial charge < -0.3 is 11.1 Å². The predicted molar refractivity (Wildman–Crippen MR) is 72.0 cm³/mol. The molecule has 3 N–H and O–H groups in total. The van der Waals surface area contributed by atoms with Gasteiger partial charge in [-0.15, -0.1) is 0 Å². The number of pyridine rings is 1. The Bertz CT molecular complexity index is 532. The minimum atomic E-state index is 0.739. The third kappa shape index (κ3) is 1.93. The van der Waals surface area contributed by atoms with Crippen molar-refractivity contribution >= 4 is 22.3 Å². The van der Waals surface area contributed by atoms with Crippen molar-refractivity contribution in [3.8, 4) is 0 Å². The van der Waals surface area contributed by atoms with Crippen LogP contribution in [0, 0.1) is 5.92 Å². The number of fused-ring (bicyclic) bond motifs is 1. The average molecular weight is 227 g/mol. The van der Waals surface area contributed by atoms with Crippen LogP contribution >= 0.6 is 0 Å². The molecule has 1 heterocycles. The Morgan fingerprint density at radius 1 is 1.29 bits per heavy atom. The molecule has 3 nitrogen and oxygen atoms in total. The highest BCUT2D eigenvalue weighted by Crippen LogP contribution is 2.30. The summed E-state index contributed by atoms with van der Waals surface area (Å²) >= 11 is 0. The van der Waals surface area contributed by atoms with Gasteiger partial charge >= 0.3 is 0 Å². The third-order valence-corrected chi connectivity index (χ3v) is 3.60. The molecule has 2 aromatic rings. The summed E-state index contributed by atoms with van der Waals surface area (Å²) < 4.78 is 0. The van der Waals surface area contributed by atoms with E-state index in [0.717, 1.165) is 34.7 Å². The molecule has 3 rings (SSSR count). The molecule has 1 saturated carbocycles. The minimum absolute atomic E-state index is 0.739. The Hall–Kier alpha value is -1.77. The zero-order valence-corrected chi connectivity index (χ0v) is 9.82. The number of aromatic nitrogens is 1. The van der Waals surface area contributed by atoms with Crippen LogP contribution in [-0.4, -0.2) is 11.5 Å². The fourth-order valence-electron chi connectivity index (χ4n) is 2.30. The quantitative estimate of drug-likeness (QED) is 0.847. The van der Waals surface area contributed by atoms with Gasteiger partial charge in [-0.25, -0.2) is 0 Å². The molecule has 0 spiro atoms. The van der Waals surface area contributed by atoms with Crippen LogP contribution in [0.25, 0.3) is 10.9 Å². The van der Waals surface area contributed by atoms with Crippen molar-refractivity contribution in [3.63, 3.8) is 0 Å². The van der Waals surface area contributed by atoms with Crippen LogP contribution in [0.2, 0.25) is 0 Å². The number of nitrogens with two attached hydrogens (primary N) is 1. The average Bonchev–Trinajstić information content (AvgIpc) is 2.30. The van der Waals surface area contributed by atoms with E-state index < -0.39 is 0 Å². The molecule has 0 amide bonds. The Balaban J connectivity index is 1.92. The SMILES string of the molecule is Nc1cnc2ccccc2c1NCC1CCC1. The lowest BCUT2D eigenvalue weighted by atomic mass is 9.85. The van der Waals surface area contributed by atoms with Crippen molar-refractivity contribution in [1.82, 2.24) is 4.98 Å². The number of nitrogens with one attached hydrogen (secondary N) is 1. The van der Waals surface area contributed by atoms with Gasteiger partial charge in [0.05, 0.1) is 23.1 Å². The summed E-state index contributed by atoms with van der Waals surface area (Å²) in [5.41, 5.74) is 8.79. The van der Waals surface area contributed by atoms with E-state index in [2.05, 4.69) is 16.4 Å². The van der Waals surface area contributed by atoms with E-state index in [0.29, 0.717) is 0 Å². The van der Waals surface area contributed by atoms with Crippen LogP contribution in [0.15, 0.2) is 30.5 Å². The highest BCUT2D eigenvalue weighted by molar-refractivity contribution is 5.96. The van der Waals surface area contributed by atoms with Crippen molar-refractivity contribution in [2.45, 2.75) is 19.3 Å². The summed E-state index contributed by atoms with van der Waals surface area (Å²) in [6, 6.07) is 8.12. The van der Waals surface area contributed by atoms with Gasteiger partial charge in [0.25, 0.3) is 0 Å². The Kier molecular flexibility index (Phi) is 2.59. The fourth-order valence-corrected chi connectivity index (χ4v) is 2.30. The molecule has 0 bridgehead atoms. The molecule has 1 aromatic heterocycles. The molecule has 3 heteroatoms. The number of benzene rings is 1. The second-order valence-electron chi connectivity index (χ2n) is 4.78. The standard InChI is InChI=1S/C14H17N3/c15-12-9-16-13-7-2-1-6-11(13)14(12)17-8-10-4-3-5-10/h1-2,6-7,9-10H,3-5,8,15H2,(H,16,17). The van der Waals surface area contributed by atoms with Crippen molar-refractivity contribution in [1.29, 1.82) is 0 Å². The monoisotopic (exact) mass is 227 g/mol. The molecule has 17 heavy (non-hydrogen) atoms. The summed E-state index contributed by atoms with van der Waals surface area (Å²) in [7, 11) is 0. The first-order chi connectivity index (χ1) is 8.34. The van der Waals surface area contributed by atoms with E-state index in [9.17, 15) is 0 Å². The lowest BCUT2D eigenvalue weighted by molar-refractivity contribution is 0.333. The number of nitrogen functional groups attached to an aromatic ring is 1. The van der Waals surface area contributed by atoms with Crippen molar-refractivity contribution in [3.05, 3.63) is 30.5 Å². The van der Waals surface area contributed by atoms with E-state index in [4.69, 9.17) is 5.73 Å². The highest BCUT2D eigenvalue weighted by Gasteiger charge is 2.17. The summed E-state index contributed by atoms with van der Waals surface area (Å²) in [6.07, 6.45) is 5.80. The minimum Gasteiger partial charge on any atom is -0.396 e. The van der Waals surface area contributed by atoms with E-state index in [1.165, 1.54) is 19.3 Å². The Morgan fingerprint density at radius 3 is 2.88 bits per heavy atom. The maximum atomic E-state index is 6.01. The maximum Gasteiger partial charge on any atom is 0.0743 e. The van der Waals surface area contributed by atoms with Gasteiger partial charge in [-0.2, -0.15) is 0 Å². The van der Waals surface area contributed by atoms with E-state index in [1.54, 1.807) is 6.20 Å². The maximum absolute atomic E-state index is 6.01. The third-order valence-electron chi connectivity index (χ3n) is 3.60. The number of rotatable bonds is 3. The second kappa shape index (κ2) is 4.24. The number of hydrogen-bond acceptors (Lipinski definition) is 3. The fraction of sp³-hybridized carbons (Fsp3) is 0.357. The zero-order valence-electron chi connectivity index (χ0n) is 9.82. The first-order valence-electron chi connectivity index (χ1n) is 6.21. The van der Waals surface area contributed by atoms with E-state index >= 15 is 0 Å². The van der Waals surface area contributed by atoms with Gasteiger partial charge in [0, 0.05) is 11.9 Å². The topological polar surface area (TPSA) is 50.9 Å². The molecule has 0 saturated heterocycles. The van der Waals surface area contributed by atoms with Crippen LogP contribution in [0.1, 0.15) is 19.3 Å². The zero-order chi connectivity index (χ0) is 11.7. The molecule has 0 radical (unpaired) electrons. The van der Waals surface area contributed by atoms with Crippen LogP contribution in [-0.2, 0) is 0 Å². The van der Waals surface area contributed by atoms with Gasteiger partial charge in [-0.1, -0.05) is 24.6 Å². The lowest BCUT2D eigenvalue weighted by Crippen LogP contribution is -2.21. The van der Waals surface area contributed by atoms with Crippen molar-refractivity contribution in [2.24, 2.45) is 5.92 Å². The second-order valence-corrected chi connectivity index (χ2v) is 4.78. The molecule has 88 valence electrons. The van der Waals surface area contributed by atoms with Crippen LogP contribution < -0.4 is 11.1 Å². The van der Waals surface area contributed by atoms with E-state index in [1.807, 2.05) is 18.2 Å². The molecule has 0 unspecified atom stereocenters.